The standard InChI is InChI=1S/C24H23BrN4O2/c1-4-31-23-12-7-17(13-20(23)25)24(30)26-18-8-11-21-22(14-18)28-29(27-21)19-9-5-16(6-10-19)15(2)3/h5-15H,4H2,1-3H3,(H,26,30). The lowest BCUT2D eigenvalue weighted by Crippen LogP contribution is -2.12. The summed E-state index contributed by atoms with van der Waals surface area (Å²) in [6.45, 7) is 6.81. The molecule has 1 heterocycles. The molecule has 1 amide bonds. The van der Waals surface area contributed by atoms with Gasteiger partial charge in [0.05, 0.1) is 16.8 Å². The topological polar surface area (TPSA) is 69.0 Å². The van der Waals surface area contributed by atoms with Gasteiger partial charge in [-0.3, -0.25) is 4.79 Å². The number of aromatic nitrogens is 3. The van der Waals surface area contributed by atoms with Gasteiger partial charge in [0, 0.05) is 11.3 Å². The number of rotatable bonds is 6. The molecule has 0 fully saturated rings. The van der Waals surface area contributed by atoms with Crippen molar-refractivity contribution in [2.24, 2.45) is 0 Å². The zero-order chi connectivity index (χ0) is 22.0. The van der Waals surface area contributed by atoms with E-state index >= 15 is 0 Å². The van der Waals surface area contributed by atoms with Gasteiger partial charge >= 0.3 is 0 Å². The third-order valence-corrected chi connectivity index (χ3v) is 5.54. The summed E-state index contributed by atoms with van der Waals surface area (Å²) in [5.74, 6) is 0.971. The van der Waals surface area contributed by atoms with E-state index in [0.717, 1.165) is 15.7 Å². The van der Waals surface area contributed by atoms with Crippen LogP contribution >= 0.6 is 15.9 Å². The van der Waals surface area contributed by atoms with Crippen LogP contribution in [0.5, 0.6) is 5.75 Å². The number of nitrogens with one attached hydrogen (secondary N) is 1. The normalized spacial score (nSPS) is 11.1. The molecule has 1 N–H and O–H groups in total. The minimum absolute atomic E-state index is 0.209. The van der Waals surface area contributed by atoms with Gasteiger partial charge in [0.15, 0.2) is 0 Å². The molecule has 3 aromatic carbocycles. The Labute approximate surface area is 189 Å². The van der Waals surface area contributed by atoms with E-state index in [4.69, 9.17) is 4.74 Å². The number of amides is 1. The lowest BCUT2D eigenvalue weighted by Gasteiger charge is -2.09. The summed E-state index contributed by atoms with van der Waals surface area (Å²) in [4.78, 5) is 14.3. The summed E-state index contributed by atoms with van der Waals surface area (Å²) in [6, 6.07) is 19.0. The molecule has 158 valence electrons. The fourth-order valence-electron chi connectivity index (χ4n) is 3.22. The van der Waals surface area contributed by atoms with Crippen LogP contribution in [-0.2, 0) is 0 Å². The summed E-state index contributed by atoms with van der Waals surface area (Å²) in [5, 5.41) is 12.0. The highest BCUT2D eigenvalue weighted by Gasteiger charge is 2.12. The van der Waals surface area contributed by atoms with E-state index < -0.39 is 0 Å². The summed E-state index contributed by atoms with van der Waals surface area (Å²) in [5.41, 5.74) is 4.82. The van der Waals surface area contributed by atoms with Crippen LogP contribution in [0.3, 0.4) is 0 Å². The van der Waals surface area contributed by atoms with Crippen LogP contribution < -0.4 is 10.1 Å². The van der Waals surface area contributed by atoms with Gasteiger partial charge in [0.25, 0.3) is 5.91 Å². The first-order chi connectivity index (χ1) is 14.9. The van der Waals surface area contributed by atoms with Gasteiger partial charge < -0.3 is 10.1 Å². The number of nitrogens with zero attached hydrogens (tertiary/aromatic N) is 3. The Balaban J connectivity index is 1.54. The second kappa shape index (κ2) is 8.89. The number of hydrogen-bond acceptors (Lipinski definition) is 4. The van der Waals surface area contributed by atoms with Crippen molar-refractivity contribution in [2.75, 3.05) is 11.9 Å². The number of carbonyl (C=O) groups excluding carboxylic acids is 1. The van der Waals surface area contributed by atoms with Crippen molar-refractivity contribution in [3.8, 4) is 11.4 Å². The van der Waals surface area contributed by atoms with E-state index in [9.17, 15) is 4.79 Å². The number of fused-ring (bicyclic) bond motifs is 1. The van der Waals surface area contributed by atoms with E-state index in [1.165, 1.54) is 5.56 Å². The van der Waals surface area contributed by atoms with Gasteiger partial charge in [0.1, 0.15) is 16.8 Å². The number of halogens is 1. The highest BCUT2D eigenvalue weighted by Crippen LogP contribution is 2.27. The minimum Gasteiger partial charge on any atom is -0.493 e. The molecular weight excluding hydrogens is 456 g/mol. The van der Waals surface area contributed by atoms with Crippen molar-refractivity contribution in [3.63, 3.8) is 0 Å². The molecule has 7 heteroatoms. The Bertz CT molecular complexity index is 1230. The second-order valence-electron chi connectivity index (χ2n) is 7.47. The molecular formula is C24H23BrN4O2. The van der Waals surface area contributed by atoms with Crippen LogP contribution in [-0.4, -0.2) is 27.5 Å². The Kier molecular flexibility index (Phi) is 6.04. The highest BCUT2D eigenvalue weighted by atomic mass is 79.9. The molecule has 0 unspecified atom stereocenters. The quantitative estimate of drug-likeness (QED) is 0.371. The first-order valence-electron chi connectivity index (χ1n) is 10.2. The molecule has 31 heavy (non-hydrogen) atoms. The molecule has 0 aliphatic heterocycles. The molecule has 0 saturated heterocycles. The fraction of sp³-hybridized carbons (Fsp3) is 0.208. The summed E-state index contributed by atoms with van der Waals surface area (Å²) >= 11 is 3.45. The minimum atomic E-state index is -0.209. The monoisotopic (exact) mass is 478 g/mol. The molecule has 4 rings (SSSR count). The average molecular weight is 479 g/mol. The van der Waals surface area contributed by atoms with Crippen LogP contribution in [0.15, 0.2) is 65.1 Å². The van der Waals surface area contributed by atoms with Crippen molar-refractivity contribution < 1.29 is 9.53 Å². The summed E-state index contributed by atoms with van der Waals surface area (Å²) in [7, 11) is 0. The first-order valence-corrected chi connectivity index (χ1v) is 10.9. The average Bonchev–Trinajstić information content (AvgIpc) is 3.18. The van der Waals surface area contributed by atoms with Gasteiger partial charge in [-0.25, -0.2) is 0 Å². The molecule has 0 aliphatic carbocycles. The Hall–Kier alpha value is -3.19. The maximum atomic E-state index is 12.7. The Morgan fingerprint density at radius 3 is 2.45 bits per heavy atom. The van der Waals surface area contributed by atoms with Crippen LogP contribution in [0.2, 0.25) is 0 Å². The van der Waals surface area contributed by atoms with Crippen molar-refractivity contribution in [1.29, 1.82) is 0 Å². The van der Waals surface area contributed by atoms with Gasteiger partial charge in [0.2, 0.25) is 0 Å². The molecule has 1 aromatic heterocycles. The van der Waals surface area contributed by atoms with Crippen LogP contribution in [0.1, 0.15) is 42.6 Å². The highest BCUT2D eigenvalue weighted by molar-refractivity contribution is 9.10. The van der Waals surface area contributed by atoms with Gasteiger partial charge in [-0.2, -0.15) is 4.80 Å². The lowest BCUT2D eigenvalue weighted by molar-refractivity contribution is 0.102. The number of benzene rings is 3. The molecule has 0 radical (unpaired) electrons. The fourth-order valence-corrected chi connectivity index (χ4v) is 3.71. The Morgan fingerprint density at radius 1 is 1.03 bits per heavy atom. The zero-order valence-electron chi connectivity index (χ0n) is 17.6. The number of carbonyl (C=O) groups is 1. The van der Waals surface area contributed by atoms with E-state index in [1.54, 1.807) is 23.0 Å². The molecule has 6 nitrogen and oxygen atoms in total. The van der Waals surface area contributed by atoms with E-state index in [1.807, 2.05) is 37.3 Å². The van der Waals surface area contributed by atoms with Crippen molar-refractivity contribution >= 4 is 38.6 Å². The van der Waals surface area contributed by atoms with E-state index in [0.29, 0.717) is 35.0 Å². The van der Waals surface area contributed by atoms with Crippen molar-refractivity contribution in [3.05, 3.63) is 76.3 Å². The summed E-state index contributed by atoms with van der Waals surface area (Å²) < 4.78 is 6.24. The van der Waals surface area contributed by atoms with Crippen LogP contribution in [0.4, 0.5) is 5.69 Å². The second-order valence-corrected chi connectivity index (χ2v) is 8.33. The third-order valence-electron chi connectivity index (χ3n) is 4.92. The van der Waals surface area contributed by atoms with Gasteiger partial charge in [-0.1, -0.05) is 26.0 Å². The predicted octanol–water partition coefficient (Wildman–Crippen LogP) is 5.96. The predicted molar refractivity (Wildman–Crippen MR) is 126 cm³/mol. The first kappa shape index (κ1) is 21.1. The van der Waals surface area contributed by atoms with Crippen molar-refractivity contribution in [2.45, 2.75) is 26.7 Å². The molecule has 0 spiro atoms. The molecule has 4 aromatic rings. The molecule has 0 bridgehead atoms. The number of ether oxygens (including phenoxy) is 1. The zero-order valence-corrected chi connectivity index (χ0v) is 19.2. The van der Waals surface area contributed by atoms with Crippen molar-refractivity contribution in [1.82, 2.24) is 15.0 Å². The SMILES string of the molecule is CCOc1ccc(C(=O)Nc2ccc3nn(-c4ccc(C(C)C)cc4)nc3c2)cc1Br. The van der Waals surface area contributed by atoms with Crippen LogP contribution in [0, 0.1) is 0 Å². The molecule has 0 atom stereocenters. The number of hydrogen-bond donors (Lipinski definition) is 1. The molecule has 0 aliphatic rings. The third kappa shape index (κ3) is 4.61. The van der Waals surface area contributed by atoms with E-state index in [-0.39, 0.29) is 5.91 Å². The van der Waals surface area contributed by atoms with Gasteiger partial charge in [-0.15, -0.1) is 10.2 Å². The largest absolute Gasteiger partial charge is 0.493 e. The molecule has 0 saturated carbocycles. The maximum Gasteiger partial charge on any atom is 0.255 e. The Morgan fingerprint density at radius 2 is 1.77 bits per heavy atom. The van der Waals surface area contributed by atoms with Gasteiger partial charge in [-0.05, 0) is 82.9 Å². The lowest BCUT2D eigenvalue weighted by atomic mass is 10.0. The van der Waals surface area contributed by atoms with Crippen LogP contribution in [0.25, 0.3) is 16.7 Å². The maximum absolute atomic E-state index is 12.7. The number of anilines is 1. The van der Waals surface area contributed by atoms with E-state index in [2.05, 4.69) is 57.4 Å². The smallest absolute Gasteiger partial charge is 0.255 e. The summed E-state index contributed by atoms with van der Waals surface area (Å²) in [6.07, 6.45) is 0.